The lowest BCUT2D eigenvalue weighted by Crippen LogP contribution is -2.38. The topological polar surface area (TPSA) is 24.5 Å². The fourth-order valence-electron chi connectivity index (χ4n) is 3.50. The second kappa shape index (κ2) is 7.46. The van der Waals surface area contributed by atoms with Crippen molar-refractivity contribution in [3.05, 3.63) is 0 Å². The Hall–Kier alpha value is -0.120. The zero-order valence-electron chi connectivity index (χ0n) is 12.2. The van der Waals surface area contributed by atoms with Crippen molar-refractivity contribution in [2.24, 2.45) is 0 Å². The Morgan fingerprint density at radius 3 is 2.72 bits per heavy atom. The number of likely N-dealkylation sites (tertiary alicyclic amines) is 1. The average Bonchev–Trinajstić information content (AvgIpc) is 2.71. The number of hydrogen-bond donors (Lipinski definition) is 1. The van der Waals surface area contributed by atoms with Crippen LogP contribution in [0.5, 0.6) is 0 Å². The van der Waals surface area contributed by atoms with Crippen molar-refractivity contribution in [3.63, 3.8) is 0 Å². The first-order valence-electron chi connectivity index (χ1n) is 7.83. The molecule has 2 aliphatic rings. The SMILES string of the molecule is CCCN1CCCC(NC2CCC(OC)C2)CC1. The zero-order valence-corrected chi connectivity index (χ0v) is 12.2. The standard InChI is InChI=1S/C15H30N2O/c1-3-9-17-10-4-5-13(8-11-17)16-14-6-7-15(12-14)18-2/h13-16H,3-12H2,1-2H3. The summed E-state index contributed by atoms with van der Waals surface area (Å²) in [6, 6.07) is 1.45. The van der Waals surface area contributed by atoms with Crippen LogP contribution in [0.15, 0.2) is 0 Å². The molecule has 106 valence electrons. The summed E-state index contributed by atoms with van der Waals surface area (Å²) in [5.41, 5.74) is 0. The van der Waals surface area contributed by atoms with Crippen molar-refractivity contribution in [1.82, 2.24) is 10.2 Å². The van der Waals surface area contributed by atoms with Gasteiger partial charge in [-0.25, -0.2) is 0 Å². The predicted molar refractivity (Wildman–Crippen MR) is 75.9 cm³/mol. The summed E-state index contributed by atoms with van der Waals surface area (Å²) >= 11 is 0. The smallest absolute Gasteiger partial charge is 0.0586 e. The molecule has 0 bridgehead atoms. The molecule has 0 aromatic rings. The van der Waals surface area contributed by atoms with E-state index >= 15 is 0 Å². The molecule has 1 aliphatic heterocycles. The molecule has 1 saturated heterocycles. The first-order valence-corrected chi connectivity index (χ1v) is 7.83. The van der Waals surface area contributed by atoms with Gasteiger partial charge in [0.25, 0.3) is 0 Å². The van der Waals surface area contributed by atoms with Crippen molar-refractivity contribution in [3.8, 4) is 0 Å². The molecule has 0 radical (unpaired) electrons. The van der Waals surface area contributed by atoms with E-state index in [0.717, 1.165) is 6.04 Å². The number of ether oxygens (including phenoxy) is 1. The number of rotatable bonds is 5. The molecule has 3 nitrogen and oxygen atoms in total. The van der Waals surface area contributed by atoms with Gasteiger partial charge in [-0.15, -0.1) is 0 Å². The number of hydrogen-bond acceptors (Lipinski definition) is 3. The lowest BCUT2D eigenvalue weighted by atomic mass is 10.1. The van der Waals surface area contributed by atoms with E-state index in [4.69, 9.17) is 4.74 Å². The molecule has 2 rings (SSSR count). The Morgan fingerprint density at radius 2 is 2.00 bits per heavy atom. The largest absolute Gasteiger partial charge is 0.381 e. The molecule has 1 heterocycles. The van der Waals surface area contributed by atoms with E-state index in [1.54, 1.807) is 0 Å². The van der Waals surface area contributed by atoms with Crippen LogP contribution in [0, 0.1) is 0 Å². The molecule has 1 aliphatic carbocycles. The van der Waals surface area contributed by atoms with E-state index in [-0.39, 0.29) is 0 Å². The third-order valence-corrected chi connectivity index (χ3v) is 4.55. The molecule has 18 heavy (non-hydrogen) atoms. The maximum atomic E-state index is 5.46. The highest BCUT2D eigenvalue weighted by Gasteiger charge is 2.27. The lowest BCUT2D eigenvalue weighted by molar-refractivity contribution is 0.106. The van der Waals surface area contributed by atoms with Crippen LogP contribution in [0.2, 0.25) is 0 Å². The van der Waals surface area contributed by atoms with Gasteiger partial charge in [0.1, 0.15) is 0 Å². The lowest BCUT2D eigenvalue weighted by Gasteiger charge is -2.22. The average molecular weight is 254 g/mol. The number of nitrogens with zero attached hydrogens (tertiary/aromatic N) is 1. The van der Waals surface area contributed by atoms with Gasteiger partial charge in [0.2, 0.25) is 0 Å². The van der Waals surface area contributed by atoms with E-state index in [1.165, 1.54) is 64.6 Å². The molecule has 0 aromatic heterocycles. The summed E-state index contributed by atoms with van der Waals surface area (Å²) < 4.78 is 5.46. The zero-order chi connectivity index (χ0) is 12.8. The van der Waals surface area contributed by atoms with Gasteiger partial charge in [-0.05, 0) is 64.6 Å². The van der Waals surface area contributed by atoms with E-state index in [2.05, 4.69) is 17.1 Å². The second-order valence-electron chi connectivity index (χ2n) is 6.00. The highest BCUT2D eigenvalue weighted by Crippen LogP contribution is 2.23. The second-order valence-corrected chi connectivity index (χ2v) is 6.00. The fraction of sp³-hybridized carbons (Fsp3) is 1.00. The normalized spacial score (nSPS) is 34.7. The molecule has 0 amide bonds. The van der Waals surface area contributed by atoms with Gasteiger partial charge in [-0.1, -0.05) is 6.92 Å². The Bertz CT molecular complexity index is 235. The van der Waals surface area contributed by atoms with Crippen LogP contribution in [0.1, 0.15) is 51.9 Å². The van der Waals surface area contributed by atoms with Crippen molar-refractivity contribution in [1.29, 1.82) is 0 Å². The van der Waals surface area contributed by atoms with Crippen LogP contribution in [0.4, 0.5) is 0 Å². The summed E-state index contributed by atoms with van der Waals surface area (Å²) in [4.78, 5) is 2.63. The van der Waals surface area contributed by atoms with Gasteiger partial charge in [0, 0.05) is 19.2 Å². The summed E-state index contributed by atoms with van der Waals surface area (Å²) in [5, 5.41) is 3.88. The third-order valence-electron chi connectivity index (χ3n) is 4.55. The third kappa shape index (κ3) is 4.22. The Labute approximate surface area is 112 Å². The molecule has 3 atom stereocenters. The van der Waals surface area contributed by atoms with Gasteiger partial charge < -0.3 is 15.0 Å². The summed E-state index contributed by atoms with van der Waals surface area (Å²) in [7, 11) is 1.85. The molecule has 1 saturated carbocycles. The van der Waals surface area contributed by atoms with Gasteiger partial charge in [0.15, 0.2) is 0 Å². The molecular weight excluding hydrogens is 224 g/mol. The molecular formula is C15H30N2O. The van der Waals surface area contributed by atoms with Crippen molar-refractivity contribution in [2.45, 2.75) is 70.1 Å². The Morgan fingerprint density at radius 1 is 1.11 bits per heavy atom. The molecule has 3 heteroatoms. The minimum atomic E-state index is 0.505. The predicted octanol–water partition coefficient (Wildman–Crippen LogP) is 2.41. The minimum Gasteiger partial charge on any atom is -0.381 e. The molecule has 3 unspecified atom stereocenters. The monoisotopic (exact) mass is 254 g/mol. The first-order chi connectivity index (χ1) is 8.81. The maximum Gasteiger partial charge on any atom is 0.0586 e. The molecule has 0 aromatic carbocycles. The van der Waals surface area contributed by atoms with Gasteiger partial charge in [-0.2, -0.15) is 0 Å². The van der Waals surface area contributed by atoms with Crippen molar-refractivity contribution in [2.75, 3.05) is 26.7 Å². The molecule has 0 spiro atoms. The summed E-state index contributed by atoms with van der Waals surface area (Å²) in [6.45, 7) is 6.15. The van der Waals surface area contributed by atoms with Crippen molar-refractivity contribution >= 4 is 0 Å². The fourth-order valence-corrected chi connectivity index (χ4v) is 3.50. The van der Waals surface area contributed by atoms with Crippen LogP contribution < -0.4 is 5.32 Å². The van der Waals surface area contributed by atoms with E-state index in [0.29, 0.717) is 12.1 Å². The van der Waals surface area contributed by atoms with Crippen LogP contribution in [-0.4, -0.2) is 49.8 Å². The Balaban J connectivity index is 1.70. The van der Waals surface area contributed by atoms with E-state index in [1.807, 2.05) is 7.11 Å². The van der Waals surface area contributed by atoms with Gasteiger partial charge in [-0.3, -0.25) is 0 Å². The summed E-state index contributed by atoms with van der Waals surface area (Å²) in [6.07, 6.45) is 9.59. The highest BCUT2D eigenvalue weighted by molar-refractivity contribution is 4.85. The van der Waals surface area contributed by atoms with Crippen LogP contribution in [0.25, 0.3) is 0 Å². The minimum absolute atomic E-state index is 0.505. The van der Waals surface area contributed by atoms with Crippen LogP contribution in [-0.2, 0) is 4.74 Å². The Kier molecular flexibility index (Phi) is 5.93. The molecule has 2 fully saturated rings. The highest BCUT2D eigenvalue weighted by atomic mass is 16.5. The van der Waals surface area contributed by atoms with E-state index < -0.39 is 0 Å². The maximum absolute atomic E-state index is 5.46. The number of nitrogens with one attached hydrogen (secondary N) is 1. The van der Waals surface area contributed by atoms with E-state index in [9.17, 15) is 0 Å². The van der Waals surface area contributed by atoms with Gasteiger partial charge in [0.05, 0.1) is 6.10 Å². The molecule has 1 N–H and O–H groups in total. The van der Waals surface area contributed by atoms with Crippen LogP contribution >= 0.6 is 0 Å². The first kappa shape index (κ1) is 14.3. The van der Waals surface area contributed by atoms with Crippen molar-refractivity contribution < 1.29 is 4.74 Å². The van der Waals surface area contributed by atoms with Gasteiger partial charge >= 0.3 is 0 Å². The van der Waals surface area contributed by atoms with Crippen LogP contribution in [0.3, 0.4) is 0 Å². The quantitative estimate of drug-likeness (QED) is 0.815. The summed E-state index contributed by atoms with van der Waals surface area (Å²) in [5.74, 6) is 0. The number of methoxy groups -OCH3 is 1.